The average molecular weight is 344 g/mol. The van der Waals surface area contributed by atoms with Gasteiger partial charge in [-0.25, -0.2) is 0 Å². The molecule has 0 fully saturated rings. The van der Waals surface area contributed by atoms with Crippen molar-refractivity contribution in [1.29, 1.82) is 0 Å². The number of benzene rings is 1. The number of rotatable bonds is 10. The van der Waals surface area contributed by atoms with Crippen molar-refractivity contribution in [2.24, 2.45) is 0 Å². The van der Waals surface area contributed by atoms with Gasteiger partial charge in [-0.1, -0.05) is 19.9 Å². The minimum atomic E-state index is 0.470. The standard InChI is InChI=1S/C21H33N3O/c1-6-23(7-2)14-10-11-17(4)24(8-3)20-16-19(25-5)15-18-12-9-13-22-21(18)20/h9,12-13,15-17H,6-8,10-11,14H2,1-5H3. The summed E-state index contributed by atoms with van der Waals surface area (Å²) >= 11 is 0. The predicted octanol–water partition coefficient (Wildman–Crippen LogP) is 4.58. The van der Waals surface area contributed by atoms with E-state index in [9.17, 15) is 0 Å². The van der Waals surface area contributed by atoms with Gasteiger partial charge in [0.2, 0.25) is 0 Å². The first-order chi connectivity index (χ1) is 12.1. The fraction of sp³-hybridized carbons (Fsp3) is 0.571. The SMILES string of the molecule is CCN(CC)CCCC(C)N(CC)c1cc(OC)cc2cccnc12. The first kappa shape index (κ1) is 19.5. The summed E-state index contributed by atoms with van der Waals surface area (Å²) in [7, 11) is 1.73. The van der Waals surface area contributed by atoms with Gasteiger partial charge in [0.1, 0.15) is 5.75 Å². The second-order valence-electron chi connectivity index (χ2n) is 6.53. The van der Waals surface area contributed by atoms with E-state index in [1.54, 1.807) is 7.11 Å². The number of ether oxygens (including phenoxy) is 1. The lowest BCUT2D eigenvalue weighted by atomic mass is 10.1. The summed E-state index contributed by atoms with van der Waals surface area (Å²) in [6.45, 7) is 13.4. The van der Waals surface area contributed by atoms with Crippen molar-refractivity contribution in [2.45, 2.75) is 46.6 Å². The highest BCUT2D eigenvalue weighted by Crippen LogP contribution is 2.32. The van der Waals surface area contributed by atoms with Crippen molar-refractivity contribution in [3.63, 3.8) is 0 Å². The van der Waals surface area contributed by atoms with E-state index in [2.05, 4.69) is 60.7 Å². The molecule has 1 atom stereocenters. The summed E-state index contributed by atoms with van der Waals surface area (Å²) in [4.78, 5) is 9.59. The number of anilines is 1. The van der Waals surface area contributed by atoms with Gasteiger partial charge in [-0.2, -0.15) is 0 Å². The van der Waals surface area contributed by atoms with Crippen LogP contribution in [0.25, 0.3) is 10.9 Å². The lowest BCUT2D eigenvalue weighted by Crippen LogP contribution is -2.34. The number of hydrogen-bond donors (Lipinski definition) is 0. The molecule has 0 saturated carbocycles. The molecule has 4 nitrogen and oxygen atoms in total. The van der Waals surface area contributed by atoms with Crippen molar-refractivity contribution in [2.75, 3.05) is 38.2 Å². The summed E-state index contributed by atoms with van der Waals surface area (Å²) in [5.74, 6) is 0.893. The van der Waals surface area contributed by atoms with Crippen LogP contribution in [0.3, 0.4) is 0 Å². The zero-order valence-electron chi connectivity index (χ0n) is 16.5. The van der Waals surface area contributed by atoms with Crippen LogP contribution in [-0.2, 0) is 0 Å². The molecule has 2 aromatic rings. The molecule has 2 rings (SSSR count). The number of pyridine rings is 1. The Kier molecular flexibility index (Phi) is 7.51. The fourth-order valence-corrected chi connectivity index (χ4v) is 3.51. The maximum absolute atomic E-state index is 5.52. The maximum Gasteiger partial charge on any atom is 0.121 e. The number of nitrogens with zero attached hydrogens (tertiary/aromatic N) is 3. The Labute approximate surface area is 152 Å². The van der Waals surface area contributed by atoms with Crippen LogP contribution in [0.1, 0.15) is 40.5 Å². The molecule has 0 aliphatic carbocycles. The zero-order valence-corrected chi connectivity index (χ0v) is 16.5. The first-order valence-electron chi connectivity index (χ1n) is 9.56. The zero-order chi connectivity index (χ0) is 18.2. The van der Waals surface area contributed by atoms with Crippen LogP contribution in [0, 0.1) is 0 Å². The number of fused-ring (bicyclic) bond motifs is 1. The fourth-order valence-electron chi connectivity index (χ4n) is 3.51. The molecule has 0 spiro atoms. The van der Waals surface area contributed by atoms with Crippen molar-refractivity contribution in [3.05, 3.63) is 30.5 Å². The summed E-state index contributed by atoms with van der Waals surface area (Å²) < 4.78 is 5.52. The van der Waals surface area contributed by atoms with E-state index in [0.29, 0.717) is 6.04 Å². The third-order valence-corrected chi connectivity index (χ3v) is 5.07. The molecule has 0 aliphatic rings. The Hall–Kier alpha value is -1.81. The minimum absolute atomic E-state index is 0.470. The Morgan fingerprint density at radius 1 is 1.12 bits per heavy atom. The van der Waals surface area contributed by atoms with Gasteiger partial charge in [0.25, 0.3) is 0 Å². The van der Waals surface area contributed by atoms with Gasteiger partial charge >= 0.3 is 0 Å². The molecule has 1 aromatic carbocycles. The smallest absolute Gasteiger partial charge is 0.121 e. The molecular formula is C21H33N3O. The van der Waals surface area contributed by atoms with Crippen molar-refractivity contribution in [1.82, 2.24) is 9.88 Å². The van der Waals surface area contributed by atoms with Crippen LogP contribution in [0.5, 0.6) is 5.75 Å². The van der Waals surface area contributed by atoms with E-state index in [4.69, 9.17) is 4.74 Å². The highest BCUT2D eigenvalue weighted by atomic mass is 16.5. The van der Waals surface area contributed by atoms with E-state index in [0.717, 1.165) is 36.3 Å². The molecule has 0 saturated heterocycles. The lowest BCUT2D eigenvalue weighted by molar-refractivity contribution is 0.293. The Bertz CT molecular complexity index is 655. The quantitative estimate of drug-likeness (QED) is 0.631. The number of hydrogen-bond acceptors (Lipinski definition) is 4. The largest absolute Gasteiger partial charge is 0.497 e. The highest BCUT2D eigenvalue weighted by Gasteiger charge is 2.17. The van der Waals surface area contributed by atoms with Gasteiger partial charge in [-0.3, -0.25) is 4.98 Å². The van der Waals surface area contributed by atoms with Crippen molar-refractivity contribution < 1.29 is 4.74 Å². The predicted molar refractivity (Wildman–Crippen MR) is 108 cm³/mol. The van der Waals surface area contributed by atoms with Crippen LogP contribution in [0.2, 0.25) is 0 Å². The monoisotopic (exact) mass is 343 g/mol. The van der Waals surface area contributed by atoms with Crippen LogP contribution in [0.15, 0.2) is 30.5 Å². The molecule has 0 aliphatic heterocycles. The average Bonchev–Trinajstić information content (AvgIpc) is 2.65. The van der Waals surface area contributed by atoms with E-state index in [1.165, 1.54) is 25.1 Å². The van der Waals surface area contributed by atoms with E-state index < -0.39 is 0 Å². The summed E-state index contributed by atoms with van der Waals surface area (Å²) in [6.07, 6.45) is 4.27. The minimum Gasteiger partial charge on any atom is -0.497 e. The van der Waals surface area contributed by atoms with Crippen LogP contribution < -0.4 is 9.64 Å². The molecule has 4 heteroatoms. The molecule has 138 valence electrons. The second-order valence-corrected chi connectivity index (χ2v) is 6.53. The normalized spacial score (nSPS) is 12.6. The van der Waals surface area contributed by atoms with Crippen LogP contribution in [0.4, 0.5) is 5.69 Å². The molecule has 0 amide bonds. The van der Waals surface area contributed by atoms with Crippen LogP contribution in [-0.4, -0.2) is 49.2 Å². The molecule has 0 bridgehead atoms. The Balaban J connectivity index is 2.20. The third-order valence-electron chi connectivity index (χ3n) is 5.07. The van der Waals surface area contributed by atoms with Gasteiger partial charge < -0.3 is 14.5 Å². The van der Waals surface area contributed by atoms with E-state index in [-0.39, 0.29) is 0 Å². The van der Waals surface area contributed by atoms with E-state index in [1.807, 2.05) is 12.3 Å². The summed E-state index contributed by atoms with van der Waals surface area (Å²) in [5.41, 5.74) is 2.23. The lowest BCUT2D eigenvalue weighted by Gasteiger charge is -2.32. The van der Waals surface area contributed by atoms with Gasteiger partial charge in [-0.15, -0.1) is 0 Å². The number of methoxy groups -OCH3 is 1. The molecule has 0 radical (unpaired) electrons. The van der Waals surface area contributed by atoms with Gasteiger partial charge in [0.05, 0.1) is 18.3 Å². The second kappa shape index (κ2) is 9.62. The Morgan fingerprint density at radius 2 is 1.88 bits per heavy atom. The molecule has 1 aromatic heterocycles. The molecular weight excluding hydrogens is 310 g/mol. The van der Waals surface area contributed by atoms with Gasteiger partial charge in [0.15, 0.2) is 0 Å². The summed E-state index contributed by atoms with van der Waals surface area (Å²) in [6, 6.07) is 8.74. The van der Waals surface area contributed by atoms with Gasteiger partial charge in [0, 0.05) is 30.2 Å². The summed E-state index contributed by atoms with van der Waals surface area (Å²) in [5, 5.41) is 1.13. The molecule has 1 unspecified atom stereocenters. The van der Waals surface area contributed by atoms with E-state index >= 15 is 0 Å². The first-order valence-corrected chi connectivity index (χ1v) is 9.56. The number of aromatic nitrogens is 1. The van der Waals surface area contributed by atoms with Crippen molar-refractivity contribution in [3.8, 4) is 5.75 Å². The molecule has 0 N–H and O–H groups in total. The Morgan fingerprint density at radius 3 is 2.52 bits per heavy atom. The van der Waals surface area contributed by atoms with Crippen LogP contribution >= 0.6 is 0 Å². The maximum atomic E-state index is 5.52. The third kappa shape index (κ3) is 4.85. The molecule has 25 heavy (non-hydrogen) atoms. The highest BCUT2D eigenvalue weighted by molar-refractivity contribution is 5.92. The molecule has 1 heterocycles. The van der Waals surface area contributed by atoms with Crippen molar-refractivity contribution >= 4 is 16.6 Å². The topological polar surface area (TPSA) is 28.6 Å². The van der Waals surface area contributed by atoms with Gasteiger partial charge in [-0.05, 0) is 58.5 Å².